The van der Waals surface area contributed by atoms with E-state index in [0.29, 0.717) is 23.3 Å². The van der Waals surface area contributed by atoms with Gasteiger partial charge in [-0.2, -0.15) is 0 Å². The van der Waals surface area contributed by atoms with Crippen LogP contribution in [0.1, 0.15) is 13.3 Å². The standard InChI is InChI=1S/C13H16N2O5S/c1-2-20-10-5-3-4-9-13(10)11(21(14,18)19)8-15(9)7-6-12(16)17/h3-5,8H,2,6-7H2,1H3,(H,16,17)(H2,14,18,19). The first kappa shape index (κ1) is 15.3. The van der Waals surface area contributed by atoms with Crippen LogP contribution in [0.3, 0.4) is 0 Å². The summed E-state index contributed by atoms with van der Waals surface area (Å²) in [5, 5.41) is 14.4. The molecular weight excluding hydrogens is 296 g/mol. The normalized spacial score (nSPS) is 11.7. The lowest BCUT2D eigenvalue weighted by atomic mass is 10.2. The fourth-order valence-corrected chi connectivity index (χ4v) is 2.94. The van der Waals surface area contributed by atoms with Gasteiger partial charge in [0.2, 0.25) is 10.0 Å². The number of rotatable bonds is 6. The molecule has 0 atom stereocenters. The molecule has 114 valence electrons. The summed E-state index contributed by atoms with van der Waals surface area (Å²) in [6.45, 7) is 2.32. The van der Waals surface area contributed by atoms with Crippen LogP contribution in [0.15, 0.2) is 29.3 Å². The number of aliphatic carboxylic acids is 1. The van der Waals surface area contributed by atoms with Gasteiger partial charge in [0.25, 0.3) is 0 Å². The van der Waals surface area contributed by atoms with E-state index < -0.39 is 16.0 Å². The number of hydrogen-bond acceptors (Lipinski definition) is 4. The van der Waals surface area contributed by atoms with E-state index in [1.165, 1.54) is 6.20 Å². The van der Waals surface area contributed by atoms with Gasteiger partial charge in [-0.1, -0.05) is 6.07 Å². The summed E-state index contributed by atoms with van der Waals surface area (Å²) in [7, 11) is -3.94. The SMILES string of the molecule is CCOc1cccc2c1c(S(N)(=O)=O)cn2CCC(=O)O. The predicted molar refractivity (Wildman–Crippen MR) is 76.7 cm³/mol. The van der Waals surface area contributed by atoms with Gasteiger partial charge in [-0.05, 0) is 19.1 Å². The van der Waals surface area contributed by atoms with E-state index in [1.807, 2.05) is 0 Å². The number of aromatic nitrogens is 1. The van der Waals surface area contributed by atoms with Gasteiger partial charge in [-0.3, -0.25) is 4.79 Å². The van der Waals surface area contributed by atoms with Gasteiger partial charge in [-0.25, -0.2) is 13.6 Å². The number of aryl methyl sites for hydroxylation is 1. The maximum Gasteiger partial charge on any atom is 0.305 e. The number of benzene rings is 1. The number of ether oxygens (including phenoxy) is 1. The fraction of sp³-hybridized carbons (Fsp3) is 0.308. The Morgan fingerprint density at radius 3 is 2.71 bits per heavy atom. The van der Waals surface area contributed by atoms with Crippen molar-refractivity contribution in [3.05, 3.63) is 24.4 Å². The van der Waals surface area contributed by atoms with Crippen molar-refractivity contribution in [3.63, 3.8) is 0 Å². The maximum absolute atomic E-state index is 11.7. The number of nitrogens with zero attached hydrogens (tertiary/aromatic N) is 1. The molecule has 0 radical (unpaired) electrons. The van der Waals surface area contributed by atoms with Crippen LogP contribution in [0, 0.1) is 0 Å². The van der Waals surface area contributed by atoms with Gasteiger partial charge in [0, 0.05) is 12.7 Å². The third-order valence-electron chi connectivity index (χ3n) is 3.01. The highest BCUT2D eigenvalue weighted by Crippen LogP contribution is 2.33. The zero-order valence-electron chi connectivity index (χ0n) is 11.4. The Hall–Kier alpha value is -2.06. The van der Waals surface area contributed by atoms with Crippen molar-refractivity contribution in [1.29, 1.82) is 0 Å². The van der Waals surface area contributed by atoms with E-state index >= 15 is 0 Å². The minimum absolute atomic E-state index is 0.0630. The monoisotopic (exact) mass is 312 g/mol. The Labute approximate surface area is 122 Å². The highest BCUT2D eigenvalue weighted by molar-refractivity contribution is 7.89. The van der Waals surface area contributed by atoms with E-state index in [2.05, 4.69) is 0 Å². The first-order chi connectivity index (χ1) is 9.84. The third kappa shape index (κ3) is 3.17. The summed E-state index contributed by atoms with van der Waals surface area (Å²) in [6.07, 6.45) is 1.23. The molecule has 7 nitrogen and oxygen atoms in total. The maximum atomic E-state index is 11.7. The average molecular weight is 312 g/mol. The Morgan fingerprint density at radius 1 is 1.43 bits per heavy atom. The second kappa shape index (κ2) is 5.74. The van der Waals surface area contributed by atoms with Gasteiger partial charge in [0.05, 0.1) is 23.9 Å². The summed E-state index contributed by atoms with van der Waals surface area (Å²) in [4.78, 5) is 10.6. The Balaban J connectivity index is 2.67. The van der Waals surface area contributed by atoms with Crippen LogP contribution in [0.25, 0.3) is 10.9 Å². The summed E-state index contributed by atoms with van der Waals surface area (Å²) in [6, 6.07) is 5.08. The number of nitrogens with two attached hydrogens (primary N) is 1. The quantitative estimate of drug-likeness (QED) is 0.831. The van der Waals surface area contributed by atoms with E-state index in [9.17, 15) is 13.2 Å². The molecule has 1 aromatic carbocycles. The van der Waals surface area contributed by atoms with E-state index in [0.717, 1.165) is 0 Å². The van der Waals surface area contributed by atoms with E-state index in [-0.39, 0.29) is 17.9 Å². The summed E-state index contributed by atoms with van der Waals surface area (Å²) in [5.74, 6) is -0.553. The number of sulfonamides is 1. The Bertz CT molecular complexity index is 779. The lowest BCUT2D eigenvalue weighted by Crippen LogP contribution is -2.12. The summed E-state index contributed by atoms with van der Waals surface area (Å²) in [5.41, 5.74) is 0.575. The van der Waals surface area contributed by atoms with Crippen molar-refractivity contribution in [2.24, 2.45) is 5.14 Å². The molecule has 8 heteroatoms. The van der Waals surface area contributed by atoms with Crippen LogP contribution in [0.2, 0.25) is 0 Å². The Kier molecular flexibility index (Phi) is 4.19. The molecule has 2 rings (SSSR count). The first-order valence-electron chi connectivity index (χ1n) is 6.34. The highest BCUT2D eigenvalue weighted by Gasteiger charge is 2.21. The summed E-state index contributed by atoms with van der Waals surface area (Å²) >= 11 is 0. The largest absolute Gasteiger partial charge is 0.493 e. The van der Waals surface area contributed by atoms with Crippen LogP contribution >= 0.6 is 0 Å². The van der Waals surface area contributed by atoms with Crippen molar-refractivity contribution in [3.8, 4) is 5.75 Å². The third-order valence-corrected chi connectivity index (χ3v) is 3.93. The zero-order valence-corrected chi connectivity index (χ0v) is 12.3. The molecule has 1 heterocycles. The summed E-state index contributed by atoms with van der Waals surface area (Å²) < 4.78 is 30.5. The van der Waals surface area contributed by atoms with Crippen molar-refractivity contribution in [2.75, 3.05) is 6.61 Å². The lowest BCUT2D eigenvalue weighted by Gasteiger charge is -2.07. The van der Waals surface area contributed by atoms with Crippen LogP contribution in [-0.2, 0) is 21.4 Å². The van der Waals surface area contributed by atoms with Gasteiger partial charge in [0.15, 0.2) is 0 Å². The average Bonchev–Trinajstić information content (AvgIpc) is 2.76. The van der Waals surface area contributed by atoms with Crippen LogP contribution in [0.4, 0.5) is 0 Å². The molecule has 0 aliphatic heterocycles. The number of primary sulfonamides is 1. The van der Waals surface area contributed by atoms with Crippen molar-refractivity contribution in [2.45, 2.75) is 24.8 Å². The van der Waals surface area contributed by atoms with Crippen molar-refractivity contribution < 1.29 is 23.1 Å². The van der Waals surface area contributed by atoms with Gasteiger partial charge >= 0.3 is 5.97 Å². The van der Waals surface area contributed by atoms with Crippen LogP contribution in [0.5, 0.6) is 5.75 Å². The second-order valence-corrected chi connectivity index (χ2v) is 5.99. The molecule has 0 fully saturated rings. The van der Waals surface area contributed by atoms with E-state index in [1.54, 1.807) is 29.7 Å². The molecular formula is C13H16N2O5S. The van der Waals surface area contributed by atoms with Crippen molar-refractivity contribution >= 4 is 26.9 Å². The molecule has 0 saturated carbocycles. The lowest BCUT2D eigenvalue weighted by molar-refractivity contribution is -0.137. The molecule has 0 amide bonds. The molecule has 0 bridgehead atoms. The number of fused-ring (bicyclic) bond motifs is 1. The molecule has 2 aromatic rings. The van der Waals surface area contributed by atoms with E-state index in [4.69, 9.17) is 15.0 Å². The van der Waals surface area contributed by atoms with Crippen LogP contribution in [-0.4, -0.2) is 30.7 Å². The van der Waals surface area contributed by atoms with Crippen molar-refractivity contribution in [1.82, 2.24) is 4.57 Å². The molecule has 0 aliphatic carbocycles. The second-order valence-electron chi connectivity index (χ2n) is 4.46. The molecule has 0 spiro atoms. The Morgan fingerprint density at radius 2 is 2.14 bits per heavy atom. The number of carboxylic acids is 1. The smallest absolute Gasteiger partial charge is 0.305 e. The van der Waals surface area contributed by atoms with Gasteiger partial charge < -0.3 is 14.4 Å². The molecule has 1 aromatic heterocycles. The number of carboxylic acid groups (broad SMARTS) is 1. The number of hydrogen-bond donors (Lipinski definition) is 2. The minimum atomic E-state index is -3.94. The van der Waals surface area contributed by atoms with Gasteiger partial charge in [0.1, 0.15) is 10.6 Å². The van der Waals surface area contributed by atoms with Crippen LogP contribution < -0.4 is 9.88 Å². The minimum Gasteiger partial charge on any atom is -0.493 e. The predicted octanol–water partition coefficient (Wildman–Crippen LogP) is 1.16. The first-order valence-corrected chi connectivity index (χ1v) is 7.88. The molecule has 0 aliphatic rings. The fourth-order valence-electron chi connectivity index (χ4n) is 2.17. The molecule has 0 unspecified atom stereocenters. The zero-order chi connectivity index (χ0) is 15.6. The number of carbonyl (C=O) groups is 1. The topological polar surface area (TPSA) is 112 Å². The van der Waals surface area contributed by atoms with Gasteiger partial charge in [-0.15, -0.1) is 0 Å². The molecule has 0 saturated heterocycles. The molecule has 3 N–H and O–H groups in total. The molecule has 21 heavy (non-hydrogen) atoms. The highest BCUT2D eigenvalue weighted by atomic mass is 32.2.